The van der Waals surface area contributed by atoms with Gasteiger partial charge in [0, 0.05) is 6.92 Å². The van der Waals surface area contributed by atoms with E-state index in [-0.39, 0.29) is 24.3 Å². The van der Waals surface area contributed by atoms with Gasteiger partial charge in [-0.2, -0.15) is 0 Å². The third kappa shape index (κ3) is 2.68. The van der Waals surface area contributed by atoms with E-state index < -0.39 is 42.1 Å². The lowest BCUT2D eigenvalue weighted by atomic mass is 9.97. The second-order valence-corrected chi connectivity index (χ2v) is 5.75. The fourth-order valence-corrected chi connectivity index (χ4v) is 2.95. The van der Waals surface area contributed by atoms with Crippen LogP contribution in [0.25, 0.3) is 0 Å². The van der Waals surface area contributed by atoms with E-state index >= 15 is 0 Å². The maximum absolute atomic E-state index is 12.4. The smallest absolute Gasteiger partial charge is 0.302 e. The highest BCUT2D eigenvalue weighted by molar-refractivity contribution is 6.21. The van der Waals surface area contributed by atoms with E-state index in [2.05, 4.69) is 0 Å². The summed E-state index contributed by atoms with van der Waals surface area (Å²) in [6.07, 6.45) is -3.72. The number of imide groups is 1. The summed E-state index contributed by atoms with van der Waals surface area (Å²) in [5.41, 5.74) is 0.512. The normalized spacial score (nSPS) is 29.5. The first-order valence-electron chi connectivity index (χ1n) is 7.50. The lowest BCUT2D eigenvalue weighted by molar-refractivity contribution is -0.181. The zero-order chi connectivity index (χ0) is 17.4. The summed E-state index contributed by atoms with van der Waals surface area (Å²) in [5, 5.41) is 20.5. The van der Waals surface area contributed by atoms with Gasteiger partial charge in [0.2, 0.25) is 0 Å². The largest absolute Gasteiger partial charge is 0.463 e. The van der Waals surface area contributed by atoms with Gasteiger partial charge >= 0.3 is 5.97 Å². The highest BCUT2D eigenvalue weighted by Crippen LogP contribution is 2.29. The number of carbonyl (C=O) groups excluding carboxylic acids is 3. The molecule has 2 aliphatic heterocycles. The van der Waals surface area contributed by atoms with Crippen LogP contribution in [0.5, 0.6) is 0 Å². The summed E-state index contributed by atoms with van der Waals surface area (Å²) in [7, 11) is 0. The minimum absolute atomic E-state index is 0.157. The maximum atomic E-state index is 12.4. The Hall–Kier alpha value is -2.29. The van der Waals surface area contributed by atoms with E-state index in [1.165, 1.54) is 19.1 Å². The van der Waals surface area contributed by atoms with Crippen molar-refractivity contribution in [1.29, 1.82) is 0 Å². The first-order valence-corrected chi connectivity index (χ1v) is 7.50. The Bertz CT molecular complexity index is 654. The molecule has 2 aliphatic rings. The number of aliphatic hydroxyl groups is 2. The van der Waals surface area contributed by atoms with Crippen LogP contribution in [0.15, 0.2) is 24.3 Å². The second kappa shape index (κ2) is 6.31. The number of carbonyl (C=O) groups is 3. The van der Waals surface area contributed by atoms with Crippen LogP contribution in [0.2, 0.25) is 0 Å². The molecule has 24 heavy (non-hydrogen) atoms. The number of nitrogens with zero attached hydrogens (tertiary/aromatic N) is 1. The van der Waals surface area contributed by atoms with Gasteiger partial charge in [-0.05, 0) is 12.1 Å². The van der Waals surface area contributed by atoms with Crippen LogP contribution in [0.4, 0.5) is 0 Å². The molecule has 1 aromatic carbocycles. The number of ether oxygens (including phenoxy) is 2. The van der Waals surface area contributed by atoms with Crippen LogP contribution >= 0.6 is 0 Å². The third-order valence-electron chi connectivity index (χ3n) is 4.21. The van der Waals surface area contributed by atoms with Gasteiger partial charge in [-0.1, -0.05) is 12.1 Å². The molecule has 0 unspecified atom stereocenters. The van der Waals surface area contributed by atoms with E-state index in [0.29, 0.717) is 0 Å². The lowest BCUT2D eigenvalue weighted by Gasteiger charge is -2.40. The fourth-order valence-electron chi connectivity index (χ4n) is 2.95. The van der Waals surface area contributed by atoms with Crippen molar-refractivity contribution in [2.75, 3.05) is 13.2 Å². The number of fused-ring (bicyclic) bond motifs is 1. The number of hydrogen-bond donors (Lipinski definition) is 2. The number of esters is 1. The molecule has 0 saturated carbocycles. The Balaban J connectivity index is 1.76. The Morgan fingerprint density at radius 3 is 2.33 bits per heavy atom. The van der Waals surface area contributed by atoms with E-state index in [1.807, 2.05) is 0 Å². The molecule has 2 amide bonds. The van der Waals surface area contributed by atoms with Gasteiger partial charge in [0.25, 0.3) is 11.8 Å². The highest BCUT2D eigenvalue weighted by atomic mass is 16.6. The van der Waals surface area contributed by atoms with Crippen LogP contribution in [-0.2, 0) is 14.3 Å². The van der Waals surface area contributed by atoms with Crippen molar-refractivity contribution in [3.8, 4) is 0 Å². The zero-order valence-corrected chi connectivity index (χ0v) is 12.9. The first kappa shape index (κ1) is 16.6. The molecule has 0 spiro atoms. The van der Waals surface area contributed by atoms with Gasteiger partial charge in [-0.15, -0.1) is 0 Å². The van der Waals surface area contributed by atoms with E-state index in [4.69, 9.17) is 9.47 Å². The van der Waals surface area contributed by atoms with Gasteiger partial charge in [0.1, 0.15) is 24.9 Å². The molecule has 4 atom stereocenters. The molecule has 128 valence electrons. The van der Waals surface area contributed by atoms with Crippen LogP contribution in [-0.4, -0.2) is 70.5 Å². The van der Waals surface area contributed by atoms with Crippen LogP contribution < -0.4 is 0 Å². The summed E-state index contributed by atoms with van der Waals surface area (Å²) in [6, 6.07) is 5.34. The second-order valence-electron chi connectivity index (χ2n) is 5.75. The predicted molar refractivity (Wildman–Crippen MR) is 79.1 cm³/mol. The van der Waals surface area contributed by atoms with Gasteiger partial charge in [-0.3, -0.25) is 19.3 Å². The van der Waals surface area contributed by atoms with Gasteiger partial charge < -0.3 is 19.7 Å². The standard InChI is InChI=1S/C16H17NO7/c1-8(18)23-7-12-14(20)13(19)11(6-24-12)17-15(21)9-4-2-3-5-10(9)16(17)22/h2-5,11-14,19-20H,6-7H2,1H3/t11-,12+,13+,14-/m0/s1. The third-order valence-corrected chi connectivity index (χ3v) is 4.21. The first-order chi connectivity index (χ1) is 11.4. The molecular weight excluding hydrogens is 318 g/mol. The van der Waals surface area contributed by atoms with Crippen molar-refractivity contribution in [2.24, 2.45) is 0 Å². The molecule has 1 aromatic rings. The Morgan fingerprint density at radius 2 is 1.79 bits per heavy atom. The molecule has 0 radical (unpaired) electrons. The molecule has 1 saturated heterocycles. The number of benzene rings is 1. The molecule has 2 heterocycles. The summed E-state index contributed by atoms with van der Waals surface area (Å²) in [5.74, 6) is -1.61. The van der Waals surface area contributed by atoms with Crippen LogP contribution in [0.3, 0.4) is 0 Å². The highest BCUT2D eigenvalue weighted by Gasteiger charge is 2.48. The number of hydrogen-bond acceptors (Lipinski definition) is 7. The van der Waals surface area contributed by atoms with E-state index in [0.717, 1.165) is 4.90 Å². The van der Waals surface area contributed by atoms with Gasteiger partial charge in [0.15, 0.2) is 0 Å². The van der Waals surface area contributed by atoms with Gasteiger partial charge in [-0.25, -0.2) is 0 Å². The summed E-state index contributed by atoms with van der Waals surface area (Å²) >= 11 is 0. The quantitative estimate of drug-likeness (QED) is 0.556. The SMILES string of the molecule is CC(=O)OC[C@H]1OC[C@H](N2C(=O)c3ccccc3C2=O)[C@@H](O)[C@H]1O. The summed E-state index contributed by atoms with van der Waals surface area (Å²) in [6.45, 7) is 0.839. The Morgan fingerprint density at radius 1 is 1.21 bits per heavy atom. The van der Waals surface area contributed by atoms with E-state index in [1.54, 1.807) is 12.1 Å². The Labute approximate surface area is 137 Å². The lowest BCUT2D eigenvalue weighted by Crippen LogP contribution is -2.61. The van der Waals surface area contributed by atoms with Crippen molar-refractivity contribution < 1.29 is 34.1 Å². The fraction of sp³-hybridized carbons (Fsp3) is 0.438. The molecule has 1 fully saturated rings. The predicted octanol–water partition coefficient (Wildman–Crippen LogP) is -0.665. The van der Waals surface area contributed by atoms with Gasteiger partial charge in [0.05, 0.1) is 23.8 Å². The maximum Gasteiger partial charge on any atom is 0.302 e. The van der Waals surface area contributed by atoms with Crippen molar-refractivity contribution in [3.05, 3.63) is 35.4 Å². The van der Waals surface area contributed by atoms with Crippen molar-refractivity contribution in [2.45, 2.75) is 31.3 Å². The summed E-state index contributed by atoms with van der Waals surface area (Å²) < 4.78 is 10.2. The number of rotatable bonds is 3. The molecule has 8 heteroatoms. The molecule has 3 rings (SSSR count). The molecule has 0 bridgehead atoms. The number of aliphatic hydroxyl groups excluding tert-OH is 2. The van der Waals surface area contributed by atoms with Crippen molar-refractivity contribution in [1.82, 2.24) is 4.90 Å². The molecule has 2 N–H and O–H groups in total. The number of amides is 2. The Kier molecular flexibility index (Phi) is 4.35. The van der Waals surface area contributed by atoms with Crippen molar-refractivity contribution in [3.63, 3.8) is 0 Å². The van der Waals surface area contributed by atoms with Crippen LogP contribution in [0.1, 0.15) is 27.6 Å². The average Bonchev–Trinajstić information content (AvgIpc) is 2.81. The van der Waals surface area contributed by atoms with E-state index in [9.17, 15) is 24.6 Å². The molecular formula is C16H17NO7. The summed E-state index contributed by atoms with van der Waals surface area (Å²) in [4.78, 5) is 36.6. The average molecular weight is 335 g/mol. The minimum atomic E-state index is -1.40. The van der Waals surface area contributed by atoms with Crippen molar-refractivity contribution >= 4 is 17.8 Å². The zero-order valence-electron chi connectivity index (χ0n) is 12.9. The molecule has 0 aliphatic carbocycles. The van der Waals surface area contributed by atoms with Crippen LogP contribution in [0, 0.1) is 0 Å². The monoisotopic (exact) mass is 335 g/mol. The topological polar surface area (TPSA) is 113 Å². The molecule has 8 nitrogen and oxygen atoms in total. The molecule has 0 aromatic heterocycles. The minimum Gasteiger partial charge on any atom is -0.463 e.